The SMILES string of the molecule is CCNC(=NCc1ccccc1Cl)NCCCn1nc(C)cc1C.I. The predicted molar refractivity (Wildman–Crippen MR) is 116 cm³/mol. The van der Waals surface area contributed by atoms with Crippen molar-refractivity contribution in [3.05, 3.63) is 52.3 Å². The molecule has 0 aliphatic carbocycles. The number of nitrogens with zero attached hydrogens (tertiary/aromatic N) is 3. The van der Waals surface area contributed by atoms with E-state index >= 15 is 0 Å². The highest BCUT2D eigenvalue weighted by atomic mass is 127. The number of aryl methyl sites for hydroxylation is 3. The van der Waals surface area contributed by atoms with Gasteiger partial charge >= 0.3 is 0 Å². The highest BCUT2D eigenvalue weighted by molar-refractivity contribution is 14.0. The maximum absolute atomic E-state index is 6.18. The van der Waals surface area contributed by atoms with Crippen LogP contribution in [0.1, 0.15) is 30.3 Å². The third-order valence-corrected chi connectivity index (χ3v) is 4.02. The second-order valence-electron chi connectivity index (χ2n) is 5.72. The van der Waals surface area contributed by atoms with Gasteiger partial charge in [0.25, 0.3) is 0 Å². The Balaban J connectivity index is 0.00000312. The number of hydrogen-bond donors (Lipinski definition) is 2. The molecule has 138 valence electrons. The zero-order chi connectivity index (χ0) is 17.4. The fourth-order valence-electron chi connectivity index (χ4n) is 2.47. The quantitative estimate of drug-likeness (QED) is 0.276. The zero-order valence-corrected chi connectivity index (χ0v) is 18.1. The van der Waals surface area contributed by atoms with Gasteiger partial charge in [0.2, 0.25) is 0 Å². The maximum Gasteiger partial charge on any atom is 0.191 e. The summed E-state index contributed by atoms with van der Waals surface area (Å²) in [5.41, 5.74) is 3.29. The van der Waals surface area contributed by atoms with E-state index in [9.17, 15) is 0 Å². The monoisotopic (exact) mass is 475 g/mol. The van der Waals surface area contributed by atoms with Crippen LogP contribution >= 0.6 is 35.6 Å². The first-order chi connectivity index (χ1) is 11.6. The summed E-state index contributed by atoms with van der Waals surface area (Å²) >= 11 is 6.18. The summed E-state index contributed by atoms with van der Waals surface area (Å²) in [5.74, 6) is 0.811. The lowest BCUT2D eigenvalue weighted by atomic mass is 10.2. The van der Waals surface area contributed by atoms with Crippen molar-refractivity contribution in [3.63, 3.8) is 0 Å². The number of aromatic nitrogens is 2. The van der Waals surface area contributed by atoms with Crippen LogP contribution in [0, 0.1) is 13.8 Å². The average molecular weight is 476 g/mol. The van der Waals surface area contributed by atoms with Crippen molar-refractivity contribution in [2.45, 2.75) is 40.3 Å². The number of benzene rings is 1. The Hall–Kier alpha value is -1.28. The molecule has 0 amide bonds. The van der Waals surface area contributed by atoms with Gasteiger partial charge in [-0.25, -0.2) is 4.99 Å². The Morgan fingerprint density at radius 2 is 2.00 bits per heavy atom. The van der Waals surface area contributed by atoms with Crippen molar-refractivity contribution in [2.24, 2.45) is 4.99 Å². The summed E-state index contributed by atoms with van der Waals surface area (Å²) in [7, 11) is 0. The molecule has 2 N–H and O–H groups in total. The summed E-state index contributed by atoms with van der Waals surface area (Å²) in [4.78, 5) is 4.60. The zero-order valence-electron chi connectivity index (χ0n) is 15.1. The second kappa shape index (κ2) is 11.4. The largest absolute Gasteiger partial charge is 0.357 e. The lowest BCUT2D eigenvalue weighted by Gasteiger charge is -2.12. The molecule has 7 heteroatoms. The maximum atomic E-state index is 6.18. The van der Waals surface area contributed by atoms with Crippen LogP contribution in [-0.4, -0.2) is 28.8 Å². The molecular formula is C18H27ClIN5. The van der Waals surface area contributed by atoms with E-state index in [2.05, 4.69) is 40.6 Å². The molecule has 1 aromatic carbocycles. The molecule has 0 aliphatic rings. The smallest absolute Gasteiger partial charge is 0.191 e. The molecule has 0 atom stereocenters. The molecule has 0 spiro atoms. The Morgan fingerprint density at radius 3 is 2.64 bits per heavy atom. The minimum Gasteiger partial charge on any atom is -0.357 e. The second-order valence-corrected chi connectivity index (χ2v) is 6.12. The van der Waals surface area contributed by atoms with Gasteiger partial charge in [0.05, 0.1) is 12.2 Å². The van der Waals surface area contributed by atoms with Gasteiger partial charge in [0.1, 0.15) is 0 Å². The van der Waals surface area contributed by atoms with Gasteiger partial charge < -0.3 is 10.6 Å². The van der Waals surface area contributed by atoms with Crippen LogP contribution in [0.5, 0.6) is 0 Å². The molecular weight excluding hydrogens is 449 g/mol. The van der Waals surface area contributed by atoms with Gasteiger partial charge in [0.15, 0.2) is 5.96 Å². The normalized spacial score (nSPS) is 11.1. The molecule has 2 aromatic rings. The molecule has 0 bridgehead atoms. The molecule has 0 saturated carbocycles. The fraction of sp³-hybridized carbons (Fsp3) is 0.444. The Labute approximate surface area is 172 Å². The number of rotatable bonds is 7. The molecule has 1 heterocycles. The lowest BCUT2D eigenvalue weighted by Crippen LogP contribution is -2.38. The van der Waals surface area contributed by atoms with Gasteiger partial charge in [0, 0.05) is 30.4 Å². The summed E-state index contributed by atoms with van der Waals surface area (Å²) in [5, 5.41) is 11.9. The van der Waals surface area contributed by atoms with E-state index in [0.717, 1.165) is 48.3 Å². The minimum absolute atomic E-state index is 0. The van der Waals surface area contributed by atoms with E-state index < -0.39 is 0 Å². The van der Waals surface area contributed by atoms with E-state index in [1.165, 1.54) is 5.69 Å². The topological polar surface area (TPSA) is 54.2 Å². The first-order valence-corrected chi connectivity index (χ1v) is 8.74. The Kier molecular flexibility index (Phi) is 9.89. The number of aliphatic imine (C=N–C) groups is 1. The van der Waals surface area contributed by atoms with Crippen LogP contribution in [0.4, 0.5) is 0 Å². The van der Waals surface area contributed by atoms with Crippen molar-refractivity contribution in [1.82, 2.24) is 20.4 Å². The van der Waals surface area contributed by atoms with Crippen LogP contribution in [0.3, 0.4) is 0 Å². The van der Waals surface area contributed by atoms with E-state index in [4.69, 9.17) is 11.6 Å². The standard InChI is InChI=1S/C18H26ClN5.HI/c1-4-20-18(22-13-16-8-5-6-9-17(16)19)21-10-7-11-24-15(3)12-14(2)23-24;/h5-6,8-9,12H,4,7,10-11,13H2,1-3H3,(H2,20,21,22);1H. The molecule has 2 rings (SSSR count). The van der Waals surface area contributed by atoms with Crippen LogP contribution in [0.2, 0.25) is 5.02 Å². The summed E-state index contributed by atoms with van der Waals surface area (Å²) in [6.45, 7) is 9.29. The minimum atomic E-state index is 0. The lowest BCUT2D eigenvalue weighted by molar-refractivity contribution is 0.555. The van der Waals surface area contributed by atoms with Crippen LogP contribution in [0.25, 0.3) is 0 Å². The highest BCUT2D eigenvalue weighted by Gasteiger charge is 2.02. The molecule has 0 fully saturated rings. The number of halogens is 2. The first kappa shape index (κ1) is 21.8. The average Bonchev–Trinajstić information content (AvgIpc) is 2.88. The van der Waals surface area contributed by atoms with Crippen LogP contribution in [0.15, 0.2) is 35.3 Å². The Morgan fingerprint density at radius 1 is 1.24 bits per heavy atom. The molecule has 1 aromatic heterocycles. The van der Waals surface area contributed by atoms with Crippen molar-refractivity contribution in [1.29, 1.82) is 0 Å². The van der Waals surface area contributed by atoms with Crippen molar-refractivity contribution in [2.75, 3.05) is 13.1 Å². The van der Waals surface area contributed by atoms with Crippen molar-refractivity contribution in [3.8, 4) is 0 Å². The Bertz CT molecular complexity index is 684. The number of guanidine groups is 1. The first-order valence-electron chi connectivity index (χ1n) is 8.36. The van der Waals surface area contributed by atoms with Crippen LogP contribution < -0.4 is 10.6 Å². The molecule has 5 nitrogen and oxygen atoms in total. The van der Waals surface area contributed by atoms with Crippen molar-refractivity contribution >= 4 is 41.5 Å². The molecule has 0 aliphatic heterocycles. The molecule has 0 saturated heterocycles. The van der Waals surface area contributed by atoms with Crippen molar-refractivity contribution < 1.29 is 0 Å². The highest BCUT2D eigenvalue weighted by Crippen LogP contribution is 2.15. The predicted octanol–water partition coefficient (Wildman–Crippen LogP) is 3.92. The summed E-state index contributed by atoms with van der Waals surface area (Å²) < 4.78 is 2.05. The van der Waals surface area contributed by atoms with Gasteiger partial charge in [-0.15, -0.1) is 24.0 Å². The van der Waals surface area contributed by atoms with E-state index in [-0.39, 0.29) is 24.0 Å². The van der Waals surface area contributed by atoms with E-state index in [1.807, 2.05) is 35.9 Å². The molecule has 25 heavy (non-hydrogen) atoms. The van der Waals surface area contributed by atoms with Crippen LogP contribution in [-0.2, 0) is 13.1 Å². The number of nitrogens with one attached hydrogen (secondary N) is 2. The van der Waals surface area contributed by atoms with Gasteiger partial charge in [-0.3, -0.25) is 4.68 Å². The fourth-order valence-corrected chi connectivity index (χ4v) is 2.67. The van der Waals surface area contributed by atoms with Gasteiger partial charge in [-0.05, 0) is 44.9 Å². The van der Waals surface area contributed by atoms with Gasteiger partial charge in [-0.1, -0.05) is 29.8 Å². The summed E-state index contributed by atoms with van der Waals surface area (Å²) in [6, 6.07) is 9.89. The van der Waals surface area contributed by atoms with Gasteiger partial charge in [-0.2, -0.15) is 5.10 Å². The summed E-state index contributed by atoms with van der Waals surface area (Å²) in [6.07, 6.45) is 0.985. The molecule has 0 radical (unpaired) electrons. The third kappa shape index (κ3) is 7.23. The van der Waals surface area contributed by atoms with E-state index in [1.54, 1.807) is 0 Å². The molecule has 0 unspecified atom stereocenters. The number of hydrogen-bond acceptors (Lipinski definition) is 2. The van der Waals surface area contributed by atoms with E-state index in [0.29, 0.717) is 6.54 Å². The third-order valence-electron chi connectivity index (χ3n) is 3.65.